The minimum absolute atomic E-state index is 0.392. The van der Waals surface area contributed by atoms with E-state index in [4.69, 9.17) is 4.74 Å². The lowest BCUT2D eigenvalue weighted by molar-refractivity contribution is 0.0597. The second-order valence-corrected chi connectivity index (χ2v) is 5.27. The summed E-state index contributed by atoms with van der Waals surface area (Å²) in [4.78, 5) is 23.6. The standard InChI is InChI=1S/C17H17NO3/c1-18-14(10-19)15(17(20)21-2)13-9-5-7-11-6-3-4-8-12(11)16(13)18/h3-4,6,8,10H,5,7,9H2,1-2H3. The van der Waals surface area contributed by atoms with Crippen LogP contribution in [0, 0.1) is 0 Å². The summed E-state index contributed by atoms with van der Waals surface area (Å²) < 4.78 is 6.69. The normalized spacial score (nSPS) is 13.0. The lowest BCUT2D eigenvalue weighted by atomic mass is 10.0. The van der Waals surface area contributed by atoms with Crippen LogP contribution in [0.2, 0.25) is 0 Å². The fraction of sp³-hybridized carbons (Fsp3) is 0.294. The monoisotopic (exact) mass is 283 g/mol. The molecule has 0 amide bonds. The number of rotatable bonds is 2. The third-order valence-electron chi connectivity index (χ3n) is 4.19. The van der Waals surface area contributed by atoms with Crippen LogP contribution in [-0.4, -0.2) is 23.9 Å². The summed E-state index contributed by atoms with van der Waals surface area (Å²) in [5.74, 6) is -0.437. The van der Waals surface area contributed by atoms with E-state index in [0.29, 0.717) is 11.3 Å². The molecule has 4 heteroatoms. The van der Waals surface area contributed by atoms with E-state index >= 15 is 0 Å². The highest BCUT2D eigenvalue weighted by Crippen LogP contribution is 2.37. The molecule has 0 spiro atoms. The molecular formula is C17H17NO3. The first kappa shape index (κ1) is 13.6. The van der Waals surface area contributed by atoms with Crippen LogP contribution in [0.25, 0.3) is 11.3 Å². The summed E-state index contributed by atoms with van der Waals surface area (Å²) in [6, 6.07) is 8.17. The maximum absolute atomic E-state index is 12.1. The van der Waals surface area contributed by atoms with E-state index in [2.05, 4.69) is 12.1 Å². The number of benzene rings is 1. The third kappa shape index (κ3) is 1.98. The van der Waals surface area contributed by atoms with Gasteiger partial charge in [0.1, 0.15) is 0 Å². The summed E-state index contributed by atoms with van der Waals surface area (Å²) in [6.45, 7) is 0. The molecule has 1 aliphatic rings. The molecule has 0 aliphatic heterocycles. The number of fused-ring (bicyclic) bond motifs is 3. The summed E-state index contributed by atoms with van der Waals surface area (Å²) >= 11 is 0. The van der Waals surface area contributed by atoms with Gasteiger partial charge in [-0.25, -0.2) is 4.79 Å². The fourth-order valence-electron chi connectivity index (χ4n) is 3.24. The minimum Gasteiger partial charge on any atom is -0.465 e. The first-order valence-electron chi connectivity index (χ1n) is 7.02. The summed E-state index contributed by atoms with van der Waals surface area (Å²) in [7, 11) is 3.18. The second-order valence-electron chi connectivity index (χ2n) is 5.27. The average Bonchev–Trinajstić information content (AvgIpc) is 2.67. The molecule has 0 atom stereocenters. The Hall–Kier alpha value is -2.36. The number of methoxy groups -OCH3 is 1. The van der Waals surface area contributed by atoms with Crippen LogP contribution in [0.4, 0.5) is 0 Å². The van der Waals surface area contributed by atoms with Gasteiger partial charge >= 0.3 is 5.97 Å². The van der Waals surface area contributed by atoms with E-state index in [-0.39, 0.29) is 0 Å². The maximum Gasteiger partial charge on any atom is 0.340 e. The van der Waals surface area contributed by atoms with Gasteiger partial charge in [0.15, 0.2) is 6.29 Å². The van der Waals surface area contributed by atoms with Crippen LogP contribution in [0.15, 0.2) is 24.3 Å². The van der Waals surface area contributed by atoms with Crippen LogP contribution >= 0.6 is 0 Å². The Morgan fingerprint density at radius 3 is 2.76 bits per heavy atom. The number of nitrogens with zero attached hydrogens (tertiary/aromatic N) is 1. The predicted octanol–water partition coefficient (Wildman–Crippen LogP) is 2.78. The van der Waals surface area contributed by atoms with Gasteiger partial charge in [-0.3, -0.25) is 4.79 Å². The van der Waals surface area contributed by atoms with Gasteiger partial charge in [-0.2, -0.15) is 0 Å². The number of carbonyl (C=O) groups excluding carboxylic acids is 2. The molecular weight excluding hydrogens is 266 g/mol. The van der Waals surface area contributed by atoms with Gasteiger partial charge in [-0.15, -0.1) is 0 Å². The quantitative estimate of drug-likeness (QED) is 0.629. The number of aryl methyl sites for hydroxylation is 1. The number of ether oxygens (including phenoxy) is 1. The molecule has 0 bridgehead atoms. The maximum atomic E-state index is 12.1. The first-order chi connectivity index (χ1) is 10.2. The van der Waals surface area contributed by atoms with Gasteiger partial charge in [0.25, 0.3) is 0 Å². The van der Waals surface area contributed by atoms with Crippen molar-refractivity contribution >= 4 is 12.3 Å². The SMILES string of the molecule is COC(=O)c1c2c(n(C)c1C=O)-c1ccccc1CCC2. The average molecular weight is 283 g/mol. The Morgan fingerprint density at radius 1 is 1.29 bits per heavy atom. The van der Waals surface area contributed by atoms with Gasteiger partial charge in [0.2, 0.25) is 0 Å². The van der Waals surface area contributed by atoms with E-state index in [0.717, 1.165) is 42.4 Å². The highest BCUT2D eigenvalue weighted by atomic mass is 16.5. The molecule has 0 saturated heterocycles. The van der Waals surface area contributed by atoms with Crippen molar-refractivity contribution in [2.45, 2.75) is 19.3 Å². The minimum atomic E-state index is -0.437. The molecule has 4 nitrogen and oxygen atoms in total. The lowest BCUT2D eigenvalue weighted by Crippen LogP contribution is -2.08. The van der Waals surface area contributed by atoms with Crippen molar-refractivity contribution in [3.8, 4) is 11.3 Å². The Bertz CT molecular complexity index is 728. The van der Waals surface area contributed by atoms with Crippen molar-refractivity contribution < 1.29 is 14.3 Å². The van der Waals surface area contributed by atoms with E-state index in [1.54, 1.807) is 0 Å². The third-order valence-corrected chi connectivity index (χ3v) is 4.19. The van der Waals surface area contributed by atoms with Crippen LogP contribution in [-0.2, 0) is 24.6 Å². The Kier molecular flexibility index (Phi) is 3.37. The van der Waals surface area contributed by atoms with Gasteiger partial charge in [-0.05, 0) is 30.4 Å². The summed E-state index contributed by atoms with van der Waals surface area (Å²) in [5.41, 5.74) is 5.06. The van der Waals surface area contributed by atoms with Crippen LogP contribution in [0.3, 0.4) is 0 Å². The fourth-order valence-corrected chi connectivity index (χ4v) is 3.24. The Labute approximate surface area is 123 Å². The molecule has 21 heavy (non-hydrogen) atoms. The van der Waals surface area contributed by atoms with E-state index in [1.165, 1.54) is 12.7 Å². The molecule has 3 rings (SSSR count). The number of hydrogen-bond donors (Lipinski definition) is 0. The first-order valence-corrected chi connectivity index (χ1v) is 7.02. The predicted molar refractivity (Wildman–Crippen MR) is 79.6 cm³/mol. The summed E-state index contributed by atoms with van der Waals surface area (Å²) in [5, 5.41) is 0. The smallest absolute Gasteiger partial charge is 0.340 e. The van der Waals surface area contributed by atoms with Crippen molar-refractivity contribution in [3.05, 3.63) is 46.6 Å². The largest absolute Gasteiger partial charge is 0.465 e. The molecule has 0 unspecified atom stereocenters. The van der Waals surface area contributed by atoms with Crippen LogP contribution in [0.1, 0.15) is 38.4 Å². The van der Waals surface area contributed by atoms with Crippen LogP contribution in [0.5, 0.6) is 0 Å². The number of aldehydes is 1. The Morgan fingerprint density at radius 2 is 2.05 bits per heavy atom. The molecule has 0 saturated carbocycles. The van der Waals surface area contributed by atoms with Gasteiger partial charge < -0.3 is 9.30 Å². The molecule has 1 aliphatic carbocycles. The second kappa shape index (κ2) is 5.20. The van der Waals surface area contributed by atoms with Crippen molar-refractivity contribution in [2.75, 3.05) is 7.11 Å². The van der Waals surface area contributed by atoms with Gasteiger partial charge in [0.05, 0.1) is 24.1 Å². The Balaban J connectivity index is 2.36. The zero-order valence-corrected chi connectivity index (χ0v) is 12.2. The van der Waals surface area contributed by atoms with E-state index < -0.39 is 5.97 Å². The number of esters is 1. The molecule has 108 valence electrons. The zero-order chi connectivity index (χ0) is 15.0. The highest BCUT2D eigenvalue weighted by Gasteiger charge is 2.28. The molecule has 1 aromatic heterocycles. The molecule has 1 aromatic carbocycles. The topological polar surface area (TPSA) is 48.3 Å². The van der Waals surface area contributed by atoms with E-state index in [9.17, 15) is 9.59 Å². The van der Waals surface area contributed by atoms with Gasteiger partial charge in [-0.1, -0.05) is 24.3 Å². The molecule has 2 aromatic rings. The molecule has 1 heterocycles. The van der Waals surface area contributed by atoms with Crippen molar-refractivity contribution in [2.24, 2.45) is 7.05 Å². The molecule has 0 N–H and O–H groups in total. The zero-order valence-electron chi connectivity index (χ0n) is 12.2. The number of aromatic nitrogens is 1. The highest BCUT2D eigenvalue weighted by molar-refractivity contribution is 6.01. The number of hydrogen-bond acceptors (Lipinski definition) is 3. The van der Waals surface area contributed by atoms with Crippen molar-refractivity contribution in [3.63, 3.8) is 0 Å². The molecule has 0 fully saturated rings. The summed E-state index contributed by atoms with van der Waals surface area (Å²) in [6.07, 6.45) is 3.44. The van der Waals surface area contributed by atoms with Gasteiger partial charge in [0, 0.05) is 12.6 Å². The van der Waals surface area contributed by atoms with E-state index in [1.807, 2.05) is 23.7 Å². The van der Waals surface area contributed by atoms with Crippen LogP contribution < -0.4 is 0 Å². The molecule has 0 radical (unpaired) electrons. The number of carbonyl (C=O) groups is 2. The lowest BCUT2D eigenvalue weighted by Gasteiger charge is -2.09. The van der Waals surface area contributed by atoms with Crippen molar-refractivity contribution in [1.82, 2.24) is 4.57 Å². The van der Waals surface area contributed by atoms with Crippen molar-refractivity contribution in [1.29, 1.82) is 0 Å².